The molecule has 0 aromatic carbocycles. The van der Waals surface area contributed by atoms with Crippen LogP contribution in [0.5, 0.6) is 0 Å². The fourth-order valence-corrected chi connectivity index (χ4v) is 10.4. The molecule has 0 aromatic heterocycles. The Morgan fingerprint density at radius 3 is 2.26 bits per heavy atom. The van der Waals surface area contributed by atoms with Gasteiger partial charge in [0.15, 0.2) is 5.78 Å². The van der Waals surface area contributed by atoms with Crippen molar-refractivity contribution in [3.63, 3.8) is 0 Å². The standard InChI is InChI=1S/C31H46O4/c1-26(2)12-14-31(25(34)35)15-13-29(6)20(21(31)17-26)8-9-23-28(5)16-19(18-32)24(33)27(3,4)22(28)10-11-30(23,29)7/h8,16,21-23,32H,9-15,17-18H2,1-7H3,(H,34,35)/t21?,22?,23?,28-,29+,30+,31?/m0/s1. The van der Waals surface area contributed by atoms with Crippen molar-refractivity contribution in [2.45, 2.75) is 99.8 Å². The maximum atomic E-state index is 13.2. The number of ketones is 1. The molecule has 3 fully saturated rings. The van der Waals surface area contributed by atoms with Gasteiger partial charge in [-0.1, -0.05) is 66.2 Å². The Kier molecular flexibility index (Phi) is 5.29. The fourth-order valence-electron chi connectivity index (χ4n) is 10.4. The third kappa shape index (κ3) is 3.01. The minimum absolute atomic E-state index is 0.0299. The molecule has 2 N–H and O–H groups in total. The summed E-state index contributed by atoms with van der Waals surface area (Å²) in [5.41, 5.74) is 0.900. The highest BCUT2D eigenvalue weighted by molar-refractivity contribution is 6.01. The first kappa shape index (κ1) is 25.2. The lowest BCUT2D eigenvalue weighted by atomic mass is 9.34. The van der Waals surface area contributed by atoms with Crippen molar-refractivity contribution in [3.8, 4) is 0 Å². The number of hydrogen-bond acceptors (Lipinski definition) is 3. The number of rotatable bonds is 2. The van der Waals surface area contributed by atoms with Gasteiger partial charge in [-0.05, 0) is 90.8 Å². The van der Waals surface area contributed by atoms with Gasteiger partial charge in [-0.2, -0.15) is 0 Å². The van der Waals surface area contributed by atoms with Crippen molar-refractivity contribution >= 4 is 11.8 Å². The van der Waals surface area contributed by atoms with E-state index in [4.69, 9.17) is 0 Å². The maximum absolute atomic E-state index is 13.2. The van der Waals surface area contributed by atoms with Crippen molar-refractivity contribution in [1.82, 2.24) is 0 Å². The van der Waals surface area contributed by atoms with E-state index in [-0.39, 0.29) is 45.9 Å². The molecule has 35 heavy (non-hydrogen) atoms. The molecule has 194 valence electrons. The molecule has 4 heteroatoms. The highest BCUT2D eigenvalue weighted by Gasteiger charge is 2.69. The number of carbonyl (C=O) groups excluding carboxylic acids is 1. The second-order valence-corrected chi connectivity index (χ2v) is 14.9. The zero-order valence-corrected chi connectivity index (χ0v) is 23.0. The van der Waals surface area contributed by atoms with Crippen LogP contribution in [-0.2, 0) is 9.59 Å². The van der Waals surface area contributed by atoms with Crippen LogP contribution in [0.1, 0.15) is 99.8 Å². The molecule has 0 bridgehead atoms. The summed E-state index contributed by atoms with van der Waals surface area (Å²) >= 11 is 0. The van der Waals surface area contributed by atoms with E-state index in [1.807, 2.05) is 0 Å². The van der Waals surface area contributed by atoms with Gasteiger partial charge < -0.3 is 10.2 Å². The highest BCUT2D eigenvalue weighted by Crippen LogP contribution is 2.75. The number of aliphatic carboxylic acids is 1. The van der Waals surface area contributed by atoms with Gasteiger partial charge in [0.2, 0.25) is 0 Å². The second-order valence-electron chi connectivity index (χ2n) is 14.9. The largest absolute Gasteiger partial charge is 0.481 e. The van der Waals surface area contributed by atoms with Crippen LogP contribution in [0.2, 0.25) is 0 Å². The number of aliphatic hydroxyl groups is 1. The van der Waals surface area contributed by atoms with Gasteiger partial charge in [-0.25, -0.2) is 0 Å². The minimum atomic E-state index is -0.617. The number of Topliss-reactive ketones (excluding diaryl/α,β-unsaturated/α-hetero) is 1. The van der Waals surface area contributed by atoms with Crippen LogP contribution in [0.3, 0.4) is 0 Å². The van der Waals surface area contributed by atoms with E-state index in [2.05, 4.69) is 60.6 Å². The molecule has 7 atom stereocenters. The van der Waals surface area contributed by atoms with E-state index in [9.17, 15) is 19.8 Å². The van der Waals surface area contributed by atoms with Crippen molar-refractivity contribution < 1.29 is 19.8 Å². The first-order chi connectivity index (χ1) is 16.1. The van der Waals surface area contributed by atoms with Crippen LogP contribution in [0, 0.1) is 50.2 Å². The minimum Gasteiger partial charge on any atom is -0.481 e. The smallest absolute Gasteiger partial charge is 0.310 e. The summed E-state index contributed by atoms with van der Waals surface area (Å²) in [5, 5.41) is 20.6. The fraction of sp³-hybridized carbons (Fsp3) is 0.806. The molecule has 0 amide bonds. The summed E-state index contributed by atoms with van der Waals surface area (Å²) in [4.78, 5) is 26.0. The van der Waals surface area contributed by atoms with Crippen LogP contribution in [0.25, 0.3) is 0 Å². The van der Waals surface area contributed by atoms with Crippen molar-refractivity contribution in [2.24, 2.45) is 50.2 Å². The van der Waals surface area contributed by atoms with E-state index in [1.54, 1.807) is 0 Å². The molecule has 0 aromatic rings. The van der Waals surface area contributed by atoms with Crippen molar-refractivity contribution in [1.29, 1.82) is 0 Å². The Bertz CT molecular complexity index is 1030. The molecule has 4 unspecified atom stereocenters. The number of allylic oxidation sites excluding steroid dienone is 3. The maximum Gasteiger partial charge on any atom is 0.310 e. The lowest BCUT2D eigenvalue weighted by molar-refractivity contribution is -0.175. The molecular formula is C31H46O4. The zero-order valence-electron chi connectivity index (χ0n) is 23.0. The quantitative estimate of drug-likeness (QED) is 0.436. The van der Waals surface area contributed by atoms with Crippen LogP contribution in [0.4, 0.5) is 0 Å². The van der Waals surface area contributed by atoms with E-state index >= 15 is 0 Å². The summed E-state index contributed by atoms with van der Waals surface area (Å²) in [6, 6.07) is 0. The molecule has 0 heterocycles. The summed E-state index contributed by atoms with van der Waals surface area (Å²) < 4.78 is 0. The molecule has 0 radical (unpaired) electrons. The number of aliphatic hydroxyl groups excluding tert-OH is 1. The van der Waals surface area contributed by atoms with E-state index < -0.39 is 16.8 Å². The number of carboxylic acid groups (broad SMARTS) is 1. The Morgan fingerprint density at radius 1 is 0.971 bits per heavy atom. The molecule has 0 aliphatic heterocycles. The van der Waals surface area contributed by atoms with E-state index in [0.29, 0.717) is 11.5 Å². The number of carbonyl (C=O) groups is 2. The van der Waals surface area contributed by atoms with Gasteiger partial charge in [0.25, 0.3) is 0 Å². The second kappa shape index (κ2) is 7.33. The molecule has 4 nitrogen and oxygen atoms in total. The van der Waals surface area contributed by atoms with Gasteiger partial charge >= 0.3 is 5.97 Å². The predicted octanol–water partition coefficient (Wildman–Crippen LogP) is 6.58. The predicted molar refractivity (Wildman–Crippen MR) is 138 cm³/mol. The molecular weight excluding hydrogens is 436 g/mol. The summed E-state index contributed by atoms with van der Waals surface area (Å²) in [6.07, 6.45) is 12.0. The SMILES string of the molecule is CC1(C)CCC2(C(=O)O)CC[C@]3(C)C(=CCC4[C@@]5(C)C=C(CO)C(=O)C(C)(C)C5CC[C@]43C)C2C1. The lowest BCUT2D eigenvalue weighted by Crippen LogP contribution is -2.64. The normalized spacial score (nSPS) is 47.9. The summed E-state index contributed by atoms with van der Waals surface area (Å²) in [6.45, 7) is 15.9. The summed E-state index contributed by atoms with van der Waals surface area (Å²) in [5.74, 6) is 0.249. The van der Waals surface area contributed by atoms with Crippen LogP contribution >= 0.6 is 0 Å². The van der Waals surface area contributed by atoms with Gasteiger partial charge in [-0.15, -0.1) is 0 Å². The van der Waals surface area contributed by atoms with Gasteiger partial charge in [0, 0.05) is 11.0 Å². The molecule has 5 aliphatic carbocycles. The lowest BCUT2D eigenvalue weighted by Gasteiger charge is -2.69. The molecule has 5 aliphatic rings. The molecule has 3 saturated carbocycles. The molecule has 5 rings (SSSR count). The third-order valence-electron chi connectivity index (χ3n) is 12.6. The zero-order chi connectivity index (χ0) is 25.8. The number of fused-ring (bicyclic) bond motifs is 7. The van der Waals surface area contributed by atoms with E-state index in [0.717, 1.165) is 51.4 Å². The van der Waals surface area contributed by atoms with Gasteiger partial charge in [-0.3, -0.25) is 9.59 Å². The van der Waals surface area contributed by atoms with Crippen LogP contribution < -0.4 is 0 Å². The van der Waals surface area contributed by atoms with Gasteiger partial charge in [0.1, 0.15) is 0 Å². The average molecular weight is 483 g/mol. The Labute approximate surface area is 211 Å². The monoisotopic (exact) mass is 482 g/mol. The van der Waals surface area contributed by atoms with Crippen LogP contribution in [0.15, 0.2) is 23.3 Å². The van der Waals surface area contributed by atoms with Crippen LogP contribution in [-0.4, -0.2) is 28.6 Å². The van der Waals surface area contributed by atoms with Crippen molar-refractivity contribution in [3.05, 3.63) is 23.3 Å². The first-order valence-corrected chi connectivity index (χ1v) is 13.9. The van der Waals surface area contributed by atoms with Crippen molar-refractivity contribution in [2.75, 3.05) is 6.61 Å². The molecule has 0 saturated heterocycles. The summed E-state index contributed by atoms with van der Waals surface area (Å²) in [7, 11) is 0. The number of carboxylic acids is 1. The van der Waals surface area contributed by atoms with E-state index in [1.165, 1.54) is 5.57 Å². The first-order valence-electron chi connectivity index (χ1n) is 13.9. The Hall–Kier alpha value is -1.42. The number of hydrogen-bond donors (Lipinski definition) is 2. The average Bonchev–Trinajstić information content (AvgIpc) is 2.76. The topological polar surface area (TPSA) is 74.6 Å². The van der Waals surface area contributed by atoms with Gasteiger partial charge in [0.05, 0.1) is 12.0 Å². The Morgan fingerprint density at radius 2 is 1.63 bits per heavy atom. The highest BCUT2D eigenvalue weighted by atomic mass is 16.4. The Balaban J connectivity index is 1.65. The molecule has 0 spiro atoms. The third-order valence-corrected chi connectivity index (χ3v) is 12.6.